The number of nitrogens with one attached hydrogen (secondary N) is 1. The molecule has 2 saturated heterocycles. The van der Waals surface area contributed by atoms with E-state index in [1.165, 1.54) is 0 Å². The van der Waals surface area contributed by atoms with Crippen LogP contribution in [0.25, 0.3) is 0 Å². The third-order valence-corrected chi connectivity index (χ3v) is 3.99. The van der Waals surface area contributed by atoms with Crippen molar-refractivity contribution in [3.63, 3.8) is 0 Å². The van der Waals surface area contributed by atoms with Crippen LogP contribution in [0.15, 0.2) is 0 Å². The zero-order valence-corrected chi connectivity index (χ0v) is 10.9. The molecule has 17 heavy (non-hydrogen) atoms. The Kier molecular flexibility index (Phi) is 4.40. The third kappa shape index (κ3) is 2.99. The molecule has 0 radical (unpaired) electrons. The maximum Gasteiger partial charge on any atom is 0.239 e. The molecule has 2 aliphatic heterocycles. The largest absolute Gasteiger partial charge is 0.381 e. The normalized spacial score (nSPS) is 32.9. The first kappa shape index (κ1) is 12.8. The van der Waals surface area contributed by atoms with Crippen molar-refractivity contribution in [2.75, 3.05) is 32.8 Å². The topological polar surface area (TPSA) is 41.6 Å². The zero-order valence-electron chi connectivity index (χ0n) is 10.9. The molecule has 0 aromatic heterocycles. The highest BCUT2D eigenvalue weighted by Crippen LogP contribution is 2.19. The van der Waals surface area contributed by atoms with Crippen molar-refractivity contribution in [3.8, 4) is 0 Å². The number of nitrogens with zero attached hydrogens (tertiary/aromatic N) is 1. The van der Waals surface area contributed by atoms with Crippen LogP contribution in [-0.2, 0) is 9.53 Å². The summed E-state index contributed by atoms with van der Waals surface area (Å²) >= 11 is 0. The van der Waals surface area contributed by atoms with Gasteiger partial charge in [-0.05, 0) is 32.2 Å². The van der Waals surface area contributed by atoms with E-state index in [1.807, 2.05) is 4.90 Å². The van der Waals surface area contributed by atoms with Crippen molar-refractivity contribution in [3.05, 3.63) is 0 Å². The molecule has 2 aliphatic rings. The lowest BCUT2D eigenvalue weighted by molar-refractivity contribution is -0.134. The fraction of sp³-hybridized carbons (Fsp3) is 0.923. The molecule has 0 aliphatic carbocycles. The second kappa shape index (κ2) is 5.83. The molecule has 3 atom stereocenters. The summed E-state index contributed by atoms with van der Waals surface area (Å²) in [7, 11) is 0. The lowest BCUT2D eigenvalue weighted by Gasteiger charge is -2.28. The highest BCUT2D eigenvalue weighted by Gasteiger charge is 2.33. The van der Waals surface area contributed by atoms with Crippen LogP contribution < -0.4 is 5.32 Å². The van der Waals surface area contributed by atoms with Crippen LogP contribution in [0.5, 0.6) is 0 Å². The Hall–Kier alpha value is -0.610. The number of likely N-dealkylation sites (N-methyl/N-ethyl adjacent to an activating group) is 1. The summed E-state index contributed by atoms with van der Waals surface area (Å²) in [5, 5.41) is 3.32. The molecule has 2 rings (SSSR count). The third-order valence-electron chi connectivity index (χ3n) is 3.99. The number of amides is 1. The van der Waals surface area contributed by atoms with Gasteiger partial charge in [0.2, 0.25) is 5.91 Å². The number of hydrogen-bond acceptors (Lipinski definition) is 3. The SMILES string of the molecule is CCN(CC1CCOC1)C(=O)C1NCCC1C. The van der Waals surface area contributed by atoms with E-state index in [0.717, 1.165) is 45.7 Å². The Morgan fingerprint density at radius 3 is 2.82 bits per heavy atom. The van der Waals surface area contributed by atoms with Crippen molar-refractivity contribution in [2.24, 2.45) is 11.8 Å². The van der Waals surface area contributed by atoms with Crippen molar-refractivity contribution in [2.45, 2.75) is 32.7 Å². The van der Waals surface area contributed by atoms with Gasteiger partial charge in [0.1, 0.15) is 0 Å². The number of carbonyl (C=O) groups is 1. The number of carbonyl (C=O) groups excluding carboxylic acids is 1. The van der Waals surface area contributed by atoms with E-state index >= 15 is 0 Å². The zero-order chi connectivity index (χ0) is 12.3. The Morgan fingerprint density at radius 1 is 1.47 bits per heavy atom. The molecule has 4 nitrogen and oxygen atoms in total. The van der Waals surface area contributed by atoms with Gasteiger partial charge in [-0.3, -0.25) is 4.79 Å². The van der Waals surface area contributed by atoms with Gasteiger partial charge in [0.15, 0.2) is 0 Å². The lowest BCUT2D eigenvalue weighted by Crippen LogP contribution is -2.47. The molecule has 0 bridgehead atoms. The maximum atomic E-state index is 12.4. The maximum absolute atomic E-state index is 12.4. The lowest BCUT2D eigenvalue weighted by atomic mass is 10.0. The average molecular weight is 240 g/mol. The van der Waals surface area contributed by atoms with E-state index < -0.39 is 0 Å². The number of hydrogen-bond donors (Lipinski definition) is 1. The summed E-state index contributed by atoms with van der Waals surface area (Å²) in [6, 6.07) is 0.0391. The molecule has 98 valence electrons. The molecule has 2 fully saturated rings. The van der Waals surface area contributed by atoms with E-state index in [0.29, 0.717) is 11.8 Å². The van der Waals surface area contributed by atoms with Crippen LogP contribution >= 0.6 is 0 Å². The fourth-order valence-electron chi connectivity index (χ4n) is 2.78. The van der Waals surface area contributed by atoms with Gasteiger partial charge in [-0.25, -0.2) is 0 Å². The molecule has 4 heteroatoms. The van der Waals surface area contributed by atoms with Gasteiger partial charge in [0, 0.05) is 25.6 Å². The first-order valence-corrected chi connectivity index (χ1v) is 6.82. The summed E-state index contributed by atoms with van der Waals surface area (Å²) in [5.41, 5.74) is 0. The van der Waals surface area contributed by atoms with Gasteiger partial charge in [-0.2, -0.15) is 0 Å². The van der Waals surface area contributed by atoms with Crippen LogP contribution in [0.2, 0.25) is 0 Å². The molecule has 0 aromatic carbocycles. The minimum Gasteiger partial charge on any atom is -0.381 e. The van der Waals surface area contributed by atoms with Gasteiger partial charge in [0.05, 0.1) is 12.6 Å². The molecule has 3 unspecified atom stereocenters. The molecule has 1 amide bonds. The molecule has 0 saturated carbocycles. The van der Waals surface area contributed by atoms with Crippen molar-refractivity contribution < 1.29 is 9.53 Å². The van der Waals surface area contributed by atoms with Crippen LogP contribution in [0.1, 0.15) is 26.7 Å². The van der Waals surface area contributed by atoms with E-state index in [-0.39, 0.29) is 11.9 Å². The van der Waals surface area contributed by atoms with Gasteiger partial charge < -0.3 is 15.0 Å². The van der Waals surface area contributed by atoms with Crippen molar-refractivity contribution in [1.29, 1.82) is 0 Å². The summed E-state index contributed by atoms with van der Waals surface area (Å²) in [6.45, 7) is 8.54. The molecular weight excluding hydrogens is 216 g/mol. The Labute approximate surface area is 104 Å². The molecular formula is C13H24N2O2. The second-order valence-corrected chi connectivity index (χ2v) is 5.30. The first-order valence-electron chi connectivity index (χ1n) is 6.82. The number of ether oxygens (including phenoxy) is 1. The molecule has 2 heterocycles. The second-order valence-electron chi connectivity index (χ2n) is 5.30. The highest BCUT2D eigenvalue weighted by atomic mass is 16.5. The Bertz CT molecular complexity index is 264. The molecule has 0 spiro atoms. The minimum atomic E-state index is 0.0391. The van der Waals surface area contributed by atoms with Gasteiger partial charge >= 0.3 is 0 Å². The van der Waals surface area contributed by atoms with Crippen LogP contribution in [-0.4, -0.2) is 49.7 Å². The van der Waals surface area contributed by atoms with Gasteiger partial charge in [-0.15, -0.1) is 0 Å². The fourth-order valence-corrected chi connectivity index (χ4v) is 2.78. The van der Waals surface area contributed by atoms with E-state index in [2.05, 4.69) is 19.2 Å². The predicted molar refractivity (Wildman–Crippen MR) is 66.8 cm³/mol. The summed E-state index contributed by atoms with van der Waals surface area (Å²) in [4.78, 5) is 14.4. The van der Waals surface area contributed by atoms with Crippen LogP contribution in [0.4, 0.5) is 0 Å². The average Bonchev–Trinajstić information content (AvgIpc) is 2.96. The first-order chi connectivity index (χ1) is 8.22. The molecule has 0 aromatic rings. The van der Waals surface area contributed by atoms with Gasteiger partial charge in [-0.1, -0.05) is 6.92 Å². The van der Waals surface area contributed by atoms with Crippen molar-refractivity contribution >= 4 is 5.91 Å². The monoisotopic (exact) mass is 240 g/mol. The summed E-state index contributed by atoms with van der Waals surface area (Å²) in [5.74, 6) is 1.29. The predicted octanol–water partition coefficient (Wildman–Crippen LogP) is 0.869. The minimum absolute atomic E-state index is 0.0391. The van der Waals surface area contributed by atoms with Gasteiger partial charge in [0.25, 0.3) is 0 Å². The standard InChI is InChI=1S/C13H24N2O2/c1-3-15(8-11-5-7-17-9-11)13(16)12-10(2)4-6-14-12/h10-12,14H,3-9H2,1-2H3. The van der Waals surface area contributed by atoms with Crippen LogP contribution in [0, 0.1) is 11.8 Å². The smallest absolute Gasteiger partial charge is 0.239 e. The van der Waals surface area contributed by atoms with Crippen LogP contribution in [0.3, 0.4) is 0 Å². The summed E-state index contributed by atoms with van der Waals surface area (Å²) in [6.07, 6.45) is 2.21. The summed E-state index contributed by atoms with van der Waals surface area (Å²) < 4.78 is 5.38. The Balaban J connectivity index is 1.89. The quantitative estimate of drug-likeness (QED) is 0.793. The Morgan fingerprint density at radius 2 is 2.29 bits per heavy atom. The van der Waals surface area contributed by atoms with E-state index in [9.17, 15) is 4.79 Å². The van der Waals surface area contributed by atoms with E-state index in [1.54, 1.807) is 0 Å². The molecule has 1 N–H and O–H groups in total. The van der Waals surface area contributed by atoms with E-state index in [4.69, 9.17) is 4.74 Å². The van der Waals surface area contributed by atoms with Crippen molar-refractivity contribution in [1.82, 2.24) is 10.2 Å². The highest BCUT2D eigenvalue weighted by molar-refractivity contribution is 5.82. The number of rotatable bonds is 4.